The summed E-state index contributed by atoms with van der Waals surface area (Å²) in [6.45, 7) is 0. The largest absolute Gasteiger partial charge is 0.478 e. The van der Waals surface area contributed by atoms with Gasteiger partial charge in [0.15, 0.2) is 0 Å². The smallest absolute Gasteiger partial charge is 0.340 e. The molecule has 0 aliphatic rings. The molecule has 0 saturated carbocycles. The summed E-state index contributed by atoms with van der Waals surface area (Å²) < 4.78 is 6.30. The Kier molecular flexibility index (Phi) is 3.06. The van der Waals surface area contributed by atoms with Crippen molar-refractivity contribution < 1.29 is 19.6 Å². The normalized spacial score (nSPS) is 10.2. The molecule has 1 aromatic heterocycles. The van der Waals surface area contributed by atoms with Crippen molar-refractivity contribution in [2.45, 2.75) is 0 Å². The lowest BCUT2D eigenvalue weighted by Gasteiger charge is -2.04. The molecule has 10 nitrogen and oxygen atoms in total. The van der Waals surface area contributed by atoms with Gasteiger partial charge in [0, 0.05) is 19.2 Å². The van der Waals surface area contributed by atoms with Crippen LogP contribution in [0.2, 0.25) is 0 Å². The Labute approximate surface area is 105 Å². The molecule has 0 aliphatic carbocycles. The number of aromatic carboxylic acids is 1. The Bertz CT molecular complexity index is 652. The number of hydrogen-bond donors (Lipinski definition) is 1. The highest BCUT2D eigenvalue weighted by molar-refractivity contribution is 5.88. The summed E-state index contributed by atoms with van der Waals surface area (Å²) in [6.07, 6.45) is 0. The van der Waals surface area contributed by atoms with Crippen LogP contribution in [0.15, 0.2) is 18.2 Å². The van der Waals surface area contributed by atoms with Crippen molar-refractivity contribution in [1.29, 1.82) is 0 Å². The summed E-state index contributed by atoms with van der Waals surface area (Å²) in [5, 5.41) is 30.0. The van der Waals surface area contributed by atoms with Gasteiger partial charge in [-0.15, -0.1) is 0 Å². The summed E-state index contributed by atoms with van der Waals surface area (Å²) in [4.78, 5) is 21.0. The van der Waals surface area contributed by atoms with Gasteiger partial charge in [-0.2, -0.15) is 4.68 Å². The van der Waals surface area contributed by atoms with Crippen molar-refractivity contribution in [2.24, 2.45) is 7.05 Å². The van der Waals surface area contributed by atoms with Crippen LogP contribution in [0.3, 0.4) is 0 Å². The standard InChI is InChI=1S/C9H7N5O5/c1-13-9(10-11-12-13)19-7-4-5(8(15)16)2-3-6(7)14(17)18/h2-4H,1H3,(H,15,16). The van der Waals surface area contributed by atoms with Crippen molar-refractivity contribution in [3.05, 3.63) is 33.9 Å². The summed E-state index contributed by atoms with van der Waals surface area (Å²) >= 11 is 0. The number of nitro benzene ring substituents is 1. The van der Waals surface area contributed by atoms with Gasteiger partial charge in [0.05, 0.1) is 10.5 Å². The van der Waals surface area contributed by atoms with E-state index in [1.165, 1.54) is 7.05 Å². The Hall–Kier alpha value is -3.04. The molecule has 1 heterocycles. The number of carboxylic acid groups (broad SMARTS) is 1. The Morgan fingerprint density at radius 3 is 2.79 bits per heavy atom. The van der Waals surface area contributed by atoms with E-state index in [1.807, 2.05) is 0 Å². The molecule has 0 atom stereocenters. The minimum Gasteiger partial charge on any atom is -0.478 e. The van der Waals surface area contributed by atoms with E-state index in [4.69, 9.17) is 9.84 Å². The number of nitro groups is 1. The molecular formula is C9H7N5O5. The second-order valence-electron chi connectivity index (χ2n) is 3.43. The van der Waals surface area contributed by atoms with Crippen molar-refractivity contribution in [3.8, 4) is 11.8 Å². The fourth-order valence-corrected chi connectivity index (χ4v) is 1.29. The average Bonchev–Trinajstić information content (AvgIpc) is 2.74. The average molecular weight is 265 g/mol. The van der Waals surface area contributed by atoms with Gasteiger partial charge in [0.1, 0.15) is 0 Å². The molecule has 0 unspecified atom stereocenters. The lowest BCUT2D eigenvalue weighted by molar-refractivity contribution is -0.385. The Balaban J connectivity index is 2.46. The minimum atomic E-state index is -1.23. The number of ether oxygens (including phenoxy) is 1. The molecule has 98 valence electrons. The van der Waals surface area contributed by atoms with Crippen molar-refractivity contribution in [1.82, 2.24) is 20.2 Å². The van der Waals surface area contributed by atoms with Gasteiger partial charge in [-0.1, -0.05) is 5.10 Å². The molecule has 0 radical (unpaired) electrons. The number of benzene rings is 1. The van der Waals surface area contributed by atoms with Gasteiger partial charge in [0.25, 0.3) is 0 Å². The van der Waals surface area contributed by atoms with E-state index in [0.717, 1.165) is 22.9 Å². The van der Waals surface area contributed by atoms with Gasteiger partial charge in [-0.3, -0.25) is 10.1 Å². The van der Waals surface area contributed by atoms with Crippen LogP contribution in [0.1, 0.15) is 10.4 Å². The number of carboxylic acids is 1. The molecular weight excluding hydrogens is 258 g/mol. The monoisotopic (exact) mass is 265 g/mol. The number of tetrazole rings is 1. The highest BCUT2D eigenvalue weighted by atomic mass is 16.6. The van der Waals surface area contributed by atoms with E-state index in [9.17, 15) is 14.9 Å². The summed E-state index contributed by atoms with van der Waals surface area (Å²) in [6, 6.07) is 3.10. The minimum absolute atomic E-state index is 0.0920. The lowest BCUT2D eigenvalue weighted by atomic mass is 10.2. The topological polar surface area (TPSA) is 133 Å². The van der Waals surface area contributed by atoms with E-state index in [2.05, 4.69) is 15.5 Å². The fraction of sp³-hybridized carbons (Fsp3) is 0.111. The van der Waals surface area contributed by atoms with Crippen LogP contribution >= 0.6 is 0 Å². The number of rotatable bonds is 4. The van der Waals surface area contributed by atoms with Gasteiger partial charge >= 0.3 is 17.7 Å². The first kappa shape index (κ1) is 12.4. The van der Waals surface area contributed by atoms with Crippen molar-refractivity contribution >= 4 is 11.7 Å². The van der Waals surface area contributed by atoms with Crippen molar-refractivity contribution in [2.75, 3.05) is 0 Å². The molecule has 1 N–H and O–H groups in total. The second-order valence-corrected chi connectivity index (χ2v) is 3.43. The Morgan fingerprint density at radius 2 is 2.26 bits per heavy atom. The summed E-state index contributed by atoms with van der Waals surface area (Å²) in [5.74, 6) is -1.47. The highest BCUT2D eigenvalue weighted by Crippen LogP contribution is 2.31. The SMILES string of the molecule is Cn1nnnc1Oc1cc(C(=O)O)ccc1[N+](=O)[O-]. The van der Waals surface area contributed by atoms with E-state index < -0.39 is 10.9 Å². The van der Waals surface area contributed by atoms with Crippen LogP contribution in [0.5, 0.6) is 11.8 Å². The van der Waals surface area contributed by atoms with E-state index >= 15 is 0 Å². The number of nitrogens with zero attached hydrogens (tertiary/aromatic N) is 5. The predicted molar refractivity (Wildman–Crippen MR) is 58.9 cm³/mol. The van der Waals surface area contributed by atoms with Crippen LogP contribution in [-0.2, 0) is 7.05 Å². The summed E-state index contributed by atoms with van der Waals surface area (Å²) in [7, 11) is 1.47. The molecule has 19 heavy (non-hydrogen) atoms. The van der Waals surface area contributed by atoms with E-state index in [0.29, 0.717) is 0 Å². The zero-order valence-corrected chi connectivity index (χ0v) is 9.55. The lowest BCUT2D eigenvalue weighted by Crippen LogP contribution is -2.02. The van der Waals surface area contributed by atoms with Gasteiger partial charge < -0.3 is 9.84 Å². The molecule has 0 amide bonds. The van der Waals surface area contributed by atoms with Crippen LogP contribution in [0.4, 0.5) is 5.69 Å². The van der Waals surface area contributed by atoms with E-state index in [-0.39, 0.29) is 23.0 Å². The second kappa shape index (κ2) is 4.68. The Morgan fingerprint density at radius 1 is 1.53 bits per heavy atom. The molecule has 0 fully saturated rings. The molecule has 1 aromatic carbocycles. The maximum atomic E-state index is 10.8. The maximum Gasteiger partial charge on any atom is 0.340 e. The first-order valence-corrected chi connectivity index (χ1v) is 4.91. The highest BCUT2D eigenvalue weighted by Gasteiger charge is 2.20. The third-order valence-electron chi connectivity index (χ3n) is 2.19. The van der Waals surface area contributed by atoms with Crippen LogP contribution < -0.4 is 4.74 Å². The van der Waals surface area contributed by atoms with Gasteiger partial charge in [0.2, 0.25) is 5.75 Å². The summed E-state index contributed by atoms with van der Waals surface area (Å²) in [5.41, 5.74) is -0.524. The molecule has 0 aliphatic heterocycles. The molecule has 0 spiro atoms. The van der Waals surface area contributed by atoms with Gasteiger partial charge in [-0.05, 0) is 16.5 Å². The van der Waals surface area contributed by atoms with Crippen LogP contribution in [-0.4, -0.2) is 36.2 Å². The quantitative estimate of drug-likeness (QED) is 0.627. The number of aromatic nitrogens is 4. The zero-order valence-electron chi connectivity index (χ0n) is 9.55. The van der Waals surface area contributed by atoms with Crippen LogP contribution in [0.25, 0.3) is 0 Å². The molecule has 2 rings (SSSR count). The first-order valence-electron chi connectivity index (χ1n) is 4.91. The number of carbonyl (C=O) groups is 1. The fourth-order valence-electron chi connectivity index (χ4n) is 1.29. The van der Waals surface area contributed by atoms with Crippen LogP contribution in [0, 0.1) is 10.1 Å². The molecule has 2 aromatic rings. The first-order chi connectivity index (χ1) is 8.99. The third kappa shape index (κ3) is 2.46. The number of hydrogen-bond acceptors (Lipinski definition) is 7. The predicted octanol–water partition coefficient (Wildman–Crippen LogP) is 0.609. The maximum absolute atomic E-state index is 10.8. The van der Waals surface area contributed by atoms with Crippen molar-refractivity contribution in [3.63, 3.8) is 0 Å². The van der Waals surface area contributed by atoms with Gasteiger partial charge in [-0.25, -0.2) is 4.79 Å². The third-order valence-corrected chi connectivity index (χ3v) is 2.19. The van der Waals surface area contributed by atoms with E-state index in [1.54, 1.807) is 0 Å². The zero-order chi connectivity index (χ0) is 14.0. The molecule has 0 bridgehead atoms. The number of aryl methyl sites for hydroxylation is 1. The molecule has 0 saturated heterocycles. The molecule has 10 heteroatoms.